The van der Waals surface area contributed by atoms with E-state index in [0.717, 1.165) is 0 Å². The fraction of sp³-hybridized carbons (Fsp3) is 0.143. The molecule has 0 aliphatic rings. The Bertz CT molecular complexity index is 588. The topological polar surface area (TPSA) is 66.1 Å². The Labute approximate surface area is 105 Å². The lowest BCUT2D eigenvalue weighted by Gasteiger charge is -2.12. The highest BCUT2D eigenvalue weighted by molar-refractivity contribution is 5.45. The molecule has 0 radical (unpaired) electrons. The molecule has 0 aliphatic carbocycles. The van der Waals surface area contributed by atoms with Crippen LogP contribution in [0.25, 0.3) is 0 Å². The van der Waals surface area contributed by atoms with E-state index in [2.05, 4.69) is 4.98 Å². The molecule has 0 saturated carbocycles. The molecule has 1 aromatic carbocycles. The summed E-state index contributed by atoms with van der Waals surface area (Å²) in [7, 11) is 0. The third-order valence-electron chi connectivity index (χ3n) is 2.46. The number of rotatable bonds is 3. The number of hydrogen-bond donors (Lipinski definition) is 1. The summed E-state index contributed by atoms with van der Waals surface area (Å²) in [5.41, 5.74) is 1.02. The fourth-order valence-electron chi connectivity index (χ4n) is 1.56. The minimum Gasteiger partial charge on any atom is -0.437 e. The Morgan fingerprint density at radius 3 is 2.78 bits per heavy atom. The van der Waals surface area contributed by atoms with E-state index in [1.165, 1.54) is 0 Å². The van der Waals surface area contributed by atoms with Crippen LogP contribution in [0.5, 0.6) is 11.6 Å². The zero-order valence-electron chi connectivity index (χ0n) is 9.87. The quantitative estimate of drug-likeness (QED) is 0.895. The van der Waals surface area contributed by atoms with Gasteiger partial charge in [-0.2, -0.15) is 5.26 Å². The molecular weight excluding hydrogens is 228 g/mol. The zero-order chi connectivity index (χ0) is 13.0. The van der Waals surface area contributed by atoms with Crippen LogP contribution < -0.4 is 4.74 Å². The first-order chi connectivity index (χ1) is 8.72. The van der Waals surface area contributed by atoms with Gasteiger partial charge in [-0.25, -0.2) is 4.98 Å². The van der Waals surface area contributed by atoms with Gasteiger partial charge < -0.3 is 9.84 Å². The van der Waals surface area contributed by atoms with E-state index in [9.17, 15) is 5.11 Å². The smallest absolute Gasteiger partial charge is 0.225 e. The molecule has 1 unspecified atom stereocenters. The predicted octanol–water partition coefficient (Wildman–Crippen LogP) is 2.80. The van der Waals surface area contributed by atoms with E-state index in [-0.39, 0.29) is 0 Å². The van der Waals surface area contributed by atoms with Crippen molar-refractivity contribution in [1.29, 1.82) is 5.26 Å². The molecule has 4 heteroatoms. The van der Waals surface area contributed by atoms with E-state index >= 15 is 0 Å². The van der Waals surface area contributed by atoms with Crippen molar-refractivity contribution in [2.45, 2.75) is 13.0 Å². The van der Waals surface area contributed by atoms with Gasteiger partial charge in [-0.05, 0) is 31.2 Å². The van der Waals surface area contributed by atoms with Crippen molar-refractivity contribution in [1.82, 2.24) is 4.98 Å². The molecule has 4 nitrogen and oxygen atoms in total. The highest BCUT2D eigenvalue weighted by atomic mass is 16.5. The normalized spacial score (nSPS) is 11.6. The molecule has 1 N–H and O–H groups in total. The molecule has 18 heavy (non-hydrogen) atoms. The van der Waals surface area contributed by atoms with Gasteiger partial charge in [-0.1, -0.05) is 12.1 Å². The first-order valence-corrected chi connectivity index (χ1v) is 5.52. The minimum atomic E-state index is -0.678. The largest absolute Gasteiger partial charge is 0.437 e. The predicted molar refractivity (Wildman–Crippen MR) is 66.1 cm³/mol. The maximum Gasteiger partial charge on any atom is 0.225 e. The van der Waals surface area contributed by atoms with Crippen LogP contribution >= 0.6 is 0 Å². The van der Waals surface area contributed by atoms with Gasteiger partial charge in [0.05, 0.1) is 11.7 Å². The lowest BCUT2D eigenvalue weighted by molar-refractivity contribution is 0.194. The molecule has 0 spiro atoms. The second kappa shape index (κ2) is 5.30. The Morgan fingerprint density at radius 2 is 2.06 bits per heavy atom. The monoisotopic (exact) mass is 240 g/mol. The third kappa shape index (κ3) is 2.47. The average Bonchev–Trinajstić information content (AvgIpc) is 2.40. The molecule has 0 saturated heterocycles. The van der Waals surface area contributed by atoms with Gasteiger partial charge in [-0.3, -0.25) is 0 Å². The SMILES string of the molecule is CC(O)c1cccnc1Oc1ccccc1C#N. The van der Waals surface area contributed by atoms with E-state index in [0.29, 0.717) is 22.8 Å². The van der Waals surface area contributed by atoms with E-state index < -0.39 is 6.10 Å². The van der Waals surface area contributed by atoms with Gasteiger partial charge in [0.2, 0.25) is 5.88 Å². The van der Waals surface area contributed by atoms with Crippen molar-refractivity contribution in [3.8, 4) is 17.7 Å². The number of benzene rings is 1. The Kier molecular flexibility index (Phi) is 3.56. The fourth-order valence-corrected chi connectivity index (χ4v) is 1.56. The molecule has 2 rings (SSSR count). The first-order valence-electron chi connectivity index (χ1n) is 5.52. The molecule has 0 fully saturated rings. The number of hydrogen-bond acceptors (Lipinski definition) is 4. The number of para-hydroxylation sites is 1. The van der Waals surface area contributed by atoms with Crippen LogP contribution in [0.3, 0.4) is 0 Å². The third-order valence-corrected chi connectivity index (χ3v) is 2.46. The second-order valence-corrected chi connectivity index (χ2v) is 3.78. The van der Waals surface area contributed by atoms with Crippen LogP contribution in [0.2, 0.25) is 0 Å². The average molecular weight is 240 g/mol. The van der Waals surface area contributed by atoms with Crippen LogP contribution in [-0.4, -0.2) is 10.1 Å². The summed E-state index contributed by atoms with van der Waals surface area (Å²) < 4.78 is 5.60. The van der Waals surface area contributed by atoms with Gasteiger partial charge in [0.25, 0.3) is 0 Å². The van der Waals surface area contributed by atoms with Gasteiger partial charge in [0.1, 0.15) is 11.8 Å². The number of aromatic nitrogens is 1. The van der Waals surface area contributed by atoms with Crippen molar-refractivity contribution in [3.05, 3.63) is 53.7 Å². The zero-order valence-corrected chi connectivity index (χ0v) is 9.87. The Balaban J connectivity index is 2.38. The molecular formula is C14H12N2O2. The molecule has 2 aromatic rings. The number of pyridine rings is 1. The Hall–Kier alpha value is -2.38. The highest BCUT2D eigenvalue weighted by Crippen LogP contribution is 2.28. The van der Waals surface area contributed by atoms with E-state index in [1.807, 2.05) is 6.07 Å². The number of aliphatic hydroxyl groups excluding tert-OH is 1. The summed E-state index contributed by atoms with van der Waals surface area (Å²) in [6.07, 6.45) is 0.902. The summed E-state index contributed by atoms with van der Waals surface area (Å²) in [6, 6.07) is 12.4. The van der Waals surface area contributed by atoms with E-state index in [4.69, 9.17) is 10.00 Å². The van der Waals surface area contributed by atoms with Crippen LogP contribution in [0.4, 0.5) is 0 Å². The summed E-state index contributed by atoms with van der Waals surface area (Å²) in [6.45, 7) is 1.64. The summed E-state index contributed by atoms with van der Waals surface area (Å²) in [5, 5.41) is 18.6. The van der Waals surface area contributed by atoms with Crippen LogP contribution in [-0.2, 0) is 0 Å². The van der Waals surface area contributed by atoms with Crippen LogP contribution in [0, 0.1) is 11.3 Å². The molecule has 90 valence electrons. The summed E-state index contributed by atoms with van der Waals surface area (Å²) in [5.74, 6) is 0.746. The van der Waals surface area contributed by atoms with Gasteiger partial charge in [0.15, 0.2) is 0 Å². The van der Waals surface area contributed by atoms with Crippen molar-refractivity contribution in [2.24, 2.45) is 0 Å². The van der Waals surface area contributed by atoms with Gasteiger partial charge in [-0.15, -0.1) is 0 Å². The van der Waals surface area contributed by atoms with Crippen molar-refractivity contribution < 1.29 is 9.84 Å². The highest BCUT2D eigenvalue weighted by Gasteiger charge is 2.12. The number of nitrogens with zero attached hydrogens (tertiary/aromatic N) is 2. The number of aliphatic hydroxyl groups is 1. The maximum atomic E-state index is 9.62. The summed E-state index contributed by atoms with van der Waals surface area (Å²) >= 11 is 0. The lowest BCUT2D eigenvalue weighted by Crippen LogP contribution is -1.98. The molecule has 0 amide bonds. The van der Waals surface area contributed by atoms with Crippen LogP contribution in [0.15, 0.2) is 42.6 Å². The lowest BCUT2D eigenvalue weighted by atomic mass is 10.2. The maximum absolute atomic E-state index is 9.62. The standard InChI is InChI=1S/C14H12N2O2/c1-10(17)12-6-4-8-16-14(12)18-13-7-3-2-5-11(13)9-15/h2-8,10,17H,1H3. The molecule has 1 heterocycles. The molecule has 0 bridgehead atoms. The molecule has 0 aliphatic heterocycles. The van der Waals surface area contributed by atoms with Gasteiger partial charge in [0, 0.05) is 11.8 Å². The van der Waals surface area contributed by atoms with E-state index in [1.54, 1.807) is 49.5 Å². The molecule has 1 aromatic heterocycles. The van der Waals surface area contributed by atoms with Crippen molar-refractivity contribution in [2.75, 3.05) is 0 Å². The number of ether oxygens (including phenoxy) is 1. The van der Waals surface area contributed by atoms with Crippen molar-refractivity contribution >= 4 is 0 Å². The van der Waals surface area contributed by atoms with Crippen molar-refractivity contribution in [3.63, 3.8) is 0 Å². The number of nitriles is 1. The minimum absolute atomic E-state index is 0.315. The van der Waals surface area contributed by atoms with Gasteiger partial charge >= 0.3 is 0 Å². The molecule has 1 atom stereocenters. The summed E-state index contributed by atoms with van der Waals surface area (Å²) in [4.78, 5) is 4.08. The second-order valence-electron chi connectivity index (χ2n) is 3.78. The first kappa shape index (κ1) is 12.1. The van der Waals surface area contributed by atoms with Crippen LogP contribution in [0.1, 0.15) is 24.2 Å². The Morgan fingerprint density at radius 1 is 1.28 bits per heavy atom.